The Morgan fingerprint density at radius 1 is 0.931 bits per heavy atom. The molecule has 0 spiro atoms. The van der Waals surface area contributed by atoms with Gasteiger partial charge in [-0.05, 0) is 24.5 Å². The summed E-state index contributed by atoms with van der Waals surface area (Å²) in [6.07, 6.45) is 3.00. The molecule has 1 fully saturated rings. The smallest absolute Gasteiger partial charge is 0.223 e. The minimum atomic E-state index is 0.233. The number of anilines is 1. The molecule has 29 heavy (non-hydrogen) atoms. The summed E-state index contributed by atoms with van der Waals surface area (Å²) in [4.78, 5) is 25.7. The largest absolute Gasteiger partial charge is 0.353 e. The van der Waals surface area contributed by atoms with Gasteiger partial charge in [0, 0.05) is 44.2 Å². The molecule has 148 valence electrons. The molecule has 0 atom stereocenters. The Bertz CT molecular complexity index is 965. The van der Waals surface area contributed by atoms with Crippen LogP contribution in [0.2, 0.25) is 0 Å². The van der Waals surface area contributed by atoms with Gasteiger partial charge in [0.2, 0.25) is 5.91 Å². The highest BCUT2D eigenvalue weighted by Crippen LogP contribution is 2.24. The van der Waals surface area contributed by atoms with E-state index in [-0.39, 0.29) is 5.91 Å². The van der Waals surface area contributed by atoms with E-state index in [1.807, 2.05) is 35.2 Å². The zero-order valence-electron chi connectivity index (χ0n) is 16.8. The number of rotatable bonds is 5. The number of nitrogens with zero attached hydrogens (tertiary/aromatic N) is 4. The van der Waals surface area contributed by atoms with Gasteiger partial charge in [0.15, 0.2) is 0 Å². The lowest BCUT2D eigenvalue weighted by atomic mass is 10.1. The Morgan fingerprint density at radius 3 is 2.41 bits per heavy atom. The molecule has 0 radical (unpaired) electrons. The van der Waals surface area contributed by atoms with Crippen molar-refractivity contribution in [2.45, 2.75) is 19.8 Å². The van der Waals surface area contributed by atoms with E-state index >= 15 is 0 Å². The lowest BCUT2D eigenvalue weighted by Gasteiger charge is -2.35. The normalized spacial score (nSPS) is 14.1. The number of hydrogen-bond acceptors (Lipinski definition) is 4. The molecule has 4 rings (SSSR count). The molecule has 1 saturated heterocycles. The van der Waals surface area contributed by atoms with Crippen molar-refractivity contribution in [1.29, 1.82) is 0 Å². The van der Waals surface area contributed by atoms with Gasteiger partial charge in [0.1, 0.15) is 12.1 Å². The fourth-order valence-corrected chi connectivity index (χ4v) is 3.77. The van der Waals surface area contributed by atoms with Gasteiger partial charge < -0.3 is 9.80 Å². The average molecular weight is 386 g/mol. The van der Waals surface area contributed by atoms with E-state index in [0.717, 1.165) is 49.7 Å². The number of amides is 1. The summed E-state index contributed by atoms with van der Waals surface area (Å²) in [7, 11) is 0. The zero-order chi connectivity index (χ0) is 20.1. The first-order valence-electron chi connectivity index (χ1n) is 10.2. The number of aromatic nitrogens is 2. The number of carbonyl (C=O) groups is 1. The van der Waals surface area contributed by atoms with Crippen molar-refractivity contribution in [3.05, 3.63) is 78.1 Å². The lowest BCUT2D eigenvalue weighted by Crippen LogP contribution is -2.49. The fraction of sp³-hybridized carbons (Fsp3) is 0.292. The van der Waals surface area contributed by atoms with Crippen molar-refractivity contribution in [2.75, 3.05) is 31.1 Å². The molecule has 0 saturated carbocycles. The van der Waals surface area contributed by atoms with Crippen molar-refractivity contribution < 1.29 is 4.79 Å². The van der Waals surface area contributed by atoms with Crippen LogP contribution in [-0.2, 0) is 11.2 Å². The Kier molecular flexibility index (Phi) is 5.84. The summed E-state index contributed by atoms with van der Waals surface area (Å²) in [5.41, 5.74) is 4.48. The summed E-state index contributed by atoms with van der Waals surface area (Å²) in [5.74, 6) is 1.16. The molecule has 1 aromatic heterocycles. The van der Waals surface area contributed by atoms with E-state index in [9.17, 15) is 4.79 Å². The van der Waals surface area contributed by atoms with Crippen LogP contribution in [0.25, 0.3) is 11.3 Å². The van der Waals surface area contributed by atoms with E-state index in [1.54, 1.807) is 6.33 Å². The third kappa shape index (κ3) is 4.62. The number of aryl methyl sites for hydroxylation is 2. The van der Waals surface area contributed by atoms with Gasteiger partial charge in [-0.25, -0.2) is 9.97 Å². The first kappa shape index (κ1) is 19.1. The summed E-state index contributed by atoms with van der Waals surface area (Å²) in [6.45, 7) is 5.15. The molecular formula is C24H26N4O. The van der Waals surface area contributed by atoms with Gasteiger partial charge in [-0.15, -0.1) is 0 Å². The predicted octanol–water partition coefficient (Wildman–Crippen LogP) is 3.73. The van der Waals surface area contributed by atoms with Crippen LogP contribution in [0, 0.1) is 6.92 Å². The average Bonchev–Trinajstić information content (AvgIpc) is 2.79. The Labute approximate surface area is 172 Å². The van der Waals surface area contributed by atoms with Gasteiger partial charge in [0.05, 0.1) is 5.69 Å². The SMILES string of the molecule is Cc1ccccc1-c1cc(N2CCN(C(=O)CCc3ccccc3)CC2)ncn1. The van der Waals surface area contributed by atoms with Gasteiger partial charge >= 0.3 is 0 Å². The molecule has 0 bridgehead atoms. The van der Waals surface area contributed by atoms with Crippen LogP contribution in [0.1, 0.15) is 17.5 Å². The number of benzene rings is 2. The van der Waals surface area contributed by atoms with Crippen molar-refractivity contribution in [3.8, 4) is 11.3 Å². The van der Waals surface area contributed by atoms with E-state index < -0.39 is 0 Å². The second-order valence-electron chi connectivity index (χ2n) is 7.43. The molecule has 5 heteroatoms. The zero-order valence-corrected chi connectivity index (χ0v) is 16.8. The van der Waals surface area contributed by atoms with Crippen LogP contribution >= 0.6 is 0 Å². The number of hydrogen-bond donors (Lipinski definition) is 0. The minimum Gasteiger partial charge on any atom is -0.353 e. The molecule has 3 aromatic rings. The van der Waals surface area contributed by atoms with E-state index in [1.165, 1.54) is 11.1 Å². The van der Waals surface area contributed by atoms with Crippen LogP contribution in [0.5, 0.6) is 0 Å². The molecule has 0 aliphatic carbocycles. The van der Waals surface area contributed by atoms with Crippen molar-refractivity contribution in [3.63, 3.8) is 0 Å². The third-order valence-electron chi connectivity index (χ3n) is 5.50. The fourth-order valence-electron chi connectivity index (χ4n) is 3.77. The van der Waals surface area contributed by atoms with Crippen LogP contribution in [0.3, 0.4) is 0 Å². The standard InChI is InChI=1S/C24H26N4O/c1-19-7-5-6-10-21(19)22-17-23(26-18-25-22)27-13-15-28(16-14-27)24(29)12-11-20-8-3-2-4-9-20/h2-10,17-18H,11-16H2,1H3. The molecule has 1 amide bonds. The molecule has 0 unspecified atom stereocenters. The van der Waals surface area contributed by atoms with Gasteiger partial charge in [-0.1, -0.05) is 54.6 Å². The van der Waals surface area contributed by atoms with E-state index in [4.69, 9.17) is 0 Å². The highest BCUT2D eigenvalue weighted by Gasteiger charge is 2.22. The summed E-state index contributed by atoms with van der Waals surface area (Å²) < 4.78 is 0. The number of carbonyl (C=O) groups excluding carboxylic acids is 1. The van der Waals surface area contributed by atoms with Crippen molar-refractivity contribution in [1.82, 2.24) is 14.9 Å². The van der Waals surface area contributed by atoms with E-state index in [2.05, 4.69) is 52.1 Å². The van der Waals surface area contributed by atoms with Gasteiger partial charge in [-0.3, -0.25) is 4.79 Å². The Hall–Kier alpha value is -3.21. The van der Waals surface area contributed by atoms with Crippen LogP contribution < -0.4 is 4.90 Å². The quantitative estimate of drug-likeness (QED) is 0.670. The highest BCUT2D eigenvalue weighted by molar-refractivity contribution is 5.77. The molecule has 0 N–H and O–H groups in total. The highest BCUT2D eigenvalue weighted by atomic mass is 16.2. The lowest BCUT2D eigenvalue weighted by molar-refractivity contribution is -0.131. The molecule has 1 aliphatic heterocycles. The van der Waals surface area contributed by atoms with Crippen LogP contribution in [0.4, 0.5) is 5.82 Å². The first-order valence-corrected chi connectivity index (χ1v) is 10.2. The Balaban J connectivity index is 1.35. The van der Waals surface area contributed by atoms with Gasteiger partial charge in [-0.2, -0.15) is 0 Å². The molecule has 5 nitrogen and oxygen atoms in total. The second kappa shape index (κ2) is 8.86. The third-order valence-corrected chi connectivity index (χ3v) is 5.50. The molecule has 2 aromatic carbocycles. The predicted molar refractivity (Wildman–Crippen MR) is 116 cm³/mol. The summed E-state index contributed by atoms with van der Waals surface area (Å²) >= 11 is 0. The maximum atomic E-state index is 12.6. The summed E-state index contributed by atoms with van der Waals surface area (Å²) in [5, 5.41) is 0. The van der Waals surface area contributed by atoms with E-state index in [0.29, 0.717) is 6.42 Å². The minimum absolute atomic E-state index is 0.233. The first-order chi connectivity index (χ1) is 14.2. The molecule has 2 heterocycles. The molecular weight excluding hydrogens is 360 g/mol. The summed E-state index contributed by atoms with van der Waals surface area (Å²) in [6, 6.07) is 20.5. The van der Waals surface area contributed by atoms with Crippen LogP contribution in [0.15, 0.2) is 67.0 Å². The Morgan fingerprint density at radius 2 is 1.66 bits per heavy atom. The van der Waals surface area contributed by atoms with Crippen LogP contribution in [-0.4, -0.2) is 47.0 Å². The van der Waals surface area contributed by atoms with Crippen molar-refractivity contribution >= 4 is 11.7 Å². The maximum Gasteiger partial charge on any atom is 0.223 e. The second-order valence-corrected chi connectivity index (χ2v) is 7.43. The molecule has 1 aliphatic rings. The monoisotopic (exact) mass is 386 g/mol. The topological polar surface area (TPSA) is 49.3 Å². The number of piperazine rings is 1. The maximum absolute atomic E-state index is 12.6. The van der Waals surface area contributed by atoms with Gasteiger partial charge in [0.25, 0.3) is 0 Å². The van der Waals surface area contributed by atoms with Crippen molar-refractivity contribution in [2.24, 2.45) is 0 Å².